The van der Waals surface area contributed by atoms with Gasteiger partial charge in [0.15, 0.2) is 0 Å². The van der Waals surface area contributed by atoms with Crippen LogP contribution in [0.1, 0.15) is 37.8 Å². The molecule has 0 radical (unpaired) electrons. The summed E-state index contributed by atoms with van der Waals surface area (Å²) in [5, 5.41) is 0. The molecule has 3 unspecified atom stereocenters. The highest BCUT2D eigenvalue weighted by molar-refractivity contribution is 5.79. The lowest BCUT2D eigenvalue weighted by Gasteiger charge is -2.29. The van der Waals surface area contributed by atoms with E-state index in [1.54, 1.807) is 7.11 Å². The molecule has 0 aromatic heterocycles. The van der Waals surface area contributed by atoms with Crippen molar-refractivity contribution in [1.29, 1.82) is 0 Å². The Kier molecular flexibility index (Phi) is 3.45. The van der Waals surface area contributed by atoms with Gasteiger partial charge in [0.05, 0.1) is 13.2 Å². The van der Waals surface area contributed by atoms with Gasteiger partial charge in [-0.2, -0.15) is 0 Å². The van der Waals surface area contributed by atoms with Gasteiger partial charge in [-0.1, -0.05) is 18.2 Å². The zero-order valence-electron chi connectivity index (χ0n) is 12.5. The van der Waals surface area contributed by atoms with Gasteiger partial charge in [-0.3, -0.25) is 4.79 Å². The standard InChI is InChI=1S/C17H23NO2/c1-11(15-6-4-5-7-16(15)20-3)18(2)17(19)14-9-12-8-13(12)10-14/h4-7,11-14H,8-10H2,1-3H3. The zero-order valence-corrected chi connectivity index (χ0v) is 12.5. The zero-order chi connectivity index (χ0) is 14.3. The number of carbonyl (C=O) groups is 1. The second kappa shape index (κ2) is 5.12. The molecule has 2 fully saturated rings. The Morgan fingerprint density at radius 2 is 1.90 bits per heavy atom. The van der Waals surface area contributed by atoms with Crippen molar-refractivity contribution in [1.82, 2.24) is 4.90 Å². The number of hydrogen-bond acceptors (Lipinski definition) is 2. The molecule has 2 aliphatic carbocycles. The van der Waals surface area contributed by atoms with Gasteiger partial charge in [0.25, 0.3) is 0 Å². The summed E-state index contributed by atoms with van der Waals surface area (Å²) in [5.41, 5.74) is 1.08. The molecule has 0 bridgehead atoms. The van der Waals surface area contributed by atoms with Crippen molar-refractivity contribution in [2.75, 3.05) is 14.2 Å². The fourth-order valence-electron chi connectivity index (χ4n) is 3.62. The maximum atomic E-state index is 12.6. The van der Waals surface area contributed by atoms with Gasteiger partial charge in [-0.25, -0.2) is 0 Å². The third-order valence-corrected chi connectivity index (χ3v) is 5.11. The molecular formula is C17H23NO2. The predicted molar refractivity (Wildman–Crippen MR) is 78.5 cm³/mol. The summed E-state index contributed by atoms with van der Waals surface area (Å²) >= 11 is 0. The van der Waals surface area contributed by atoms with E-state index in [0.29, 0.717) is 5.91 Å². The summed E-state index contributed by atoms with van der Waals surface area (Å²) in [5.74, 6) is 3.10. The van der Waals surface area contributed by atoms with Crippen LogP contribution in [0.15, 0.2) is 24.3 Å². The van der Waals surface area contributed by atoms with Crippen LogP contribution < -0.4 is 4.74 Å². The molecule has 1 aromatic carbocycles. The normalized spacial score (nSPS) is 28.6. The van der Waals surface area contributed by atoms with Gasteiger partial charge in [-0.15, -0.1) is 0 Å². The number of ether oxygens (including phenoxy) is 1. The molecule has 3 atom stereocenters. The van der Waals surface area contributed by atoms with Crippen LogP contribution in [0.5, 0.6) is 5.75 Å². The van der Waals surface area contributed by atoms with E-state index in [1.165, 1.54) is 6.42 Å². The summed E-state index contributed by atoms with van der Waals surface area (Å²) in [6, 6.07) is 8.00. The molecule has 2 aliphatic rings. The SMILES string of the molecule is COc1ccccc1C(C)N(C)C(=O)C1CC2CC2C1. The first-order valence-corrected chi connectivity index (χ1v) is 7.51. The van der Waals surface area contributed by atoms with Gasteiger partial charge >= 0.3 is 0 Å². The van der Waals surface area contributed by atoms with E-state index >= 15 is 0 Å². The summed E-state index contributed by atoms with van der Waals surface area (Å²) in [4.78, 5) is 14.5. The molecule has 0 N–H and O–H groups in total. The van der Waals surface area contributed by atoms with Crippen molar-refractivity contribution >= 4 is 5.91 Å². The predicted octanol–water partition coefficient (Wildman–Crippen LogP) is 3.26. The summed E-state index contributed by atoms with van der Waals surface area (Å²) in [6.45, 7) is 2.07. The molecule has 3 nitrogen and oxygen atoms in total. The van der Waals surface area contributed by atoms with Gasteiger partial charge in [0, 0.05) is 18.5 Å². The molecule has 20 heavy (non-hydrogen) atoms. The molecule has 3 rings (SSSR count). The molecule has 0 spiro atoms. The first kappa shape index (κ1) is 13.5. The molecule has 0 aliphatic heterocycles. The summed E-state index contributed by atoms with van der Waals surface area (Å²) < 4.78 is 5.41. The van der Waals surface area contributed by atoms with E-state index in [-0.39, 0.29) is 12.0 Å². The molecular weight excluding hydrogens is 250 g/mol. The number of benzene rings is 1. The highest BCUT2D eigenvalue weighted by Crippen LogP contribution is 2.54. The Hall–Kier alpha value is -1.51. The first-order chi connectivity index (χ1) is 9.61. The average molecular weight is 273 g/mol. The van der Waals surface area contributed by atoms with Crippen LogP contribution >= 0.6 is 0 Å². The molecule has 108 valence electrons. The number of rotatable bonds is 4. The molecule has 2 saturated carbocycles. The Bertz CT molecular complexity index is 503. The largest absolute Gasteiger partial charge is 0.496 e. The van der Waals surface area contributed by atoms with E-state index in [2.05, 4.69) is 6.92 Å². The number of nitrogens with zero attached hydrogens (tertiary/aromatic N) is 1. The van der Waals surface area contributed by atoms with Crippen molar-refractivity contribution in [3.05, 3.63) is 29.8 Å². The van der Waals surface area contributed by atoms with Crippen molar-refractivity contribution < 1.29 is 9.53 Å². The lowest BCUT2D eigenvalue weighted by atomic mass is 9.99. The van der Waals surface area contributed by atoms with Crippen LogP contribution in [0.3, 0.4) is 0 Å². The Labute approximate surface area is 120 Å². The number of fused-ring (bicyclic) bond motifs is 1. The van der Waals surface area contributed by atoms with E-state index in [4.69, 9.17) is 4.74 Å². The van der Waals surface area contributed by atoms with Gasteiger partial charge in [-0.05, 0) is 44.1 Å². The van der Waals surface area contributed by atoms with Crippen LogP contribution in [0.25, 0.3) is 0 Å². The minimum atomic E-state index is 0.0515. The maximum absolute atomic E-state index is 12.6. The third-order valence-electron chi connectivity index (χ3n) is 5.11. The van der Waals surface area contributed by atoms with Crippen molar-refractivity contribution in [3.8, 4) is 5.75 Å². The molecule has 0 heterocycles. The highest BCUT2D eigenvalue weighted by atomic mass is 16.5. The second-order valence-corrected chi connectivity index (χ2v) is 6.29. The molecule has 3 heteroatoms. The number of para-hydroxylation sites is 1. The van der Waals surface area contributed by atoms with Gasteiger partial charge in [0.1, 0.15) is 5.75 Å². The molecule has 1 aromatic rings. The minimum Gasteiger partial charge on any atom is -0.496 e. The monoisotopic (exact) mass is 273 g/mol. The second-order valence-electron chi connectivity index (χ2n) is 6.29. The Morgan fingerprint density at radius 1 is 1.25 bits per heavy atom. The lowest BCUT2D eigenvalue weighted by Crippen LogP contribution is -2.34. The van der Waals surface area contributed by atoms with Crippen molar-refractivity contribution in [2.24, 2.45) is 17.8 Å². The van der Waals surface area contributed by atoms with Gasteiger partial charge in [0.2, 0.25) is 5.91 Å². The van der Waals surface area contributed by atoms with Crippen LogP contribution in [-0.2, 0) is 4.79 Å². The number of hydrogen-bond donors (Lipinski definition) is 0. The van der Waals surface area contributed by atoms with E-state index in [1.807, 2.05) is 36.2 Å². The summed E-state index contributed by atoms with van der Waals surface area (Å²) in [7, 11) is 3.60. The Morgan fingerprint density at radius 3 is 2.55 bits per heavy atom. The number of methoxy groups -OCH3 is 1. The maximum Gasteiger partial charge on any atom is 0.225 e. The molecule has 1 amide bonds. The smallest absolute Gasteiger partial charge is 0.225 e. The average Bonchev–Trinajstić information content (AvgIpc) is 3.11. The third kappa shape index (κ3) is 2.30. The highest BCUT2D eigenvalue weighted by Gasteiger charge is 2.48. The van der Waals surface area contributed by atoms with Crippen LogP contribution in [0.2, 0.25) is 0 Å². The minimum absolute atomic E-state index is 0.0515. The lowest BCUT2D eigenvalue weighted by molar-refractivity contribution is -0.136. The van der Waals surface area contributed by atoms with Crippen molar-refractivity contribution in [3.63, 3.8) is 0 Å². The summed E-state index contributed by atoms with van der Waals surface area (Å²) in [6.07, 6.45) is 3.56. The van der Waals surface area contributed by atoms with Crippen LogP contribution in [-0.4, -0.2) is 25.0 Å². The van der Waals surface area contributed by atoms with Gasteiger partial charge < -0.3 is 9.64 Å². The number of amides is 1. The topological polar surface area (TPSA) is 29.5 Å². The fraction of sp³-hybridized carbons (Fsp3) is 0.588. The van der Waals surface area contributed by atoms with Crippen molar-refractivity contribution in [2.45, 2.75) is 32.2 Å². The number of carbonyl (C=O) groups excluding carboxylic acids is 1. The van der Waals surface area contributed by atoms with E-state index in [9.17, 15) is 4.79 Å². The molecule has 0 saturated heterocycles. The van der Waals surface area contributed by atoms with E-state index in [0.717, 1.165) is 36.0 Å². The van der Waals surface area contributed by atoms with Crippen LogP contribution in [0, 0.1) is 17.8 Å². The van der Waals surface area contributed by atoms with E-state index < -0.39 is 0 Å². The quantitative estimate of drug-likeness (QED) is 0.842. The van der Waals surface area contributed by atoms with Crippen LogP contribution in [0.4, 0.5) is 0 Å². The first-order valence-electron chi connectivity index (χ1n) is 7.51. The fourth-order valence-corrected chi connectivity index (χ4v) is 3.62. The Balaban J connectivity index is 1.72.